The van der Waals surface area contributed by atoms with Crippen LogP contribution in [0.15, 0.2) is 18.2 Å². The molecular formula is C10H13FN2O2S2. The molecule has 17 heavy (non-hydrogen) atoms. The van der Waals surface area contributed by atoms with E-state index in [4.69, 9.17) is 18.0 Å². The number of thiocarbonyl (C=S) groups is 1. The van der Waals surface area contributed by atoms with Crippen LogP contribution in [0, 0.1) is 5.82 Å². The molecule has 0 aliphatic heterocycles. The number of hydrogen-bond donors (Lipinski definition) is 2. The number of anilines is 1. The third-order valence-electron chi connectivity index (χ3n) is 1.99. The quantitative estimate of drug-likeness (QED) is 0.801. The second kappa shape index (κ2) is 5.42. The minimum absolute atomic E-state index is 0.0127. The minimum atomic E-state index is -3.44. The largest absolute Gasteiger partial charge is 0.389 e. The Morgan fingerprint density at radius 2 is 2.18 bits per heavy atom. The fraction of sp³-hybridized carbons (Fsp3) is 0.300. The van der Waals surface area contributed by atoms with E-state index >= 15 is 0 Å². The summed E-state index contributed by atoms with van der Waals surface area (Å²) in [7, 11) is -3.44. The van der Waals surface area contributed by atoms with Gasteiger partial charge in [-0.25, -0.2) is 12.8 Å². The van der Waals surface area contributed by atoms with Crippen molar-refractivity contribution in [2.24, 2.45) is 5.73 Å². The lowest BCUT2D eigenvalue weighted by Crippen LogP contribution is -2.20. The van der Waals surface area contributed by atoms with Crippen LogP contribution in [0.25, 0.3) is 0 Å². The van der Waals surface area contributed by atoms with Gasteiger partial charge in [0.15, 0.2) is 0 Å². The molecule has 0 saturated heterocycles. The van der Waals surface area contributed by atoms with E-state index in [0.717, 1.165) is 12.1 Å². The number of rotatable bonds is 5. The maximum absolute atomic E-state index is 13.0. The van der Waals surface area contributed by atoms with E-state index in [0.29, 0.717) is 6.42 Å². The Labute approximate surface area is 105 Å². The van der Waals surface area contributed by atoms with Crippen LogP contribution in [0.3, 0.4) is 0 Å². The zero-order valence-corrected chi connectivity index (χ0v) is 10.9. The Morgan fingerprint density at radius 1 is 1.53 bits per heavy atom. The van der Waals surface area contributed by atoms with Gasteiger partial charge >= 0.3 is 0 Å². The number of nitrogens with two attached hydrogens (primary N) is 1. The van der Waals surface area contributed by atoms with Gasteiger partial charge in [-0.2, -0.15) is 0 Å². The molecule has 7 heteroatoms. The van der Waals surface area contributed by atoms with Gasteiger partial charge in [-0.1, -0.05) is 19.1 Å². The lowest BCUT2D eigenvalue weighted by Gasteiger charge is -2.11. The molecule has 0 fully saturated rings. The van der Waals surface area contributed by atoms with E-state index in [1.54, 1.807) is 6.92 Å². The lowest BCUT2D eigenvalue weighted by atomic mass is 10.2. The molecule has 0 radical (unpaired) electrons. The number of halogens is 1. The van der Waals surface area contributed by atoms with E-state index in [1.807, 2.05) is 0 Å². The molecule has 0 amide bonds. The first-order valence-corrected chi connectivity index (χ1v) is 7.01. The van der Waals surface area contributed by atoms with Gasteiger partial charge < -0.3 is 5.73 Å². The van der Waals surface area contributed by atoms with Crippen molar-refractivity contribution in [2.75, 3.05) is 10.5 Å². The smallest absolute Gasteiger partial charge is 0.232 e. The molecule has 1 rings (SSSR count). The highest BCUT2D eigenvalue weighted by atomic mass is 32.2. The summed E-state index contributed by atoms with van der Waals surface area (Å²) in [5, 5.41) is 0. The summed E-state index contributed by atoms with van der Waals surface area (Å²) in [4.78, 5) is -0.0568. The van der Waals surface area contributed by atoms with Gasteiger partial charge in [0.2, 0.25) is 10.0 Å². The number of benzene rings is 1. The van der Waals surface area contributed by atoms with Gasteiger partial charge in [0.1, 0.15) is 10.8 Å². The van der Waals surface area contributed by atoms with E-state index in [-0.39, 0.29) is 22.0 Å². The second-order valence-electron chi connectivity index (χ2n) is 3.48. The molecule has 0 aliphatic rings. The molecule has 0 spiro atoms. The summed E-state index contributed by atoms with van der Waals surface area (Å²) in [5.74, 6) is -0.535. The van der Waals surface area contributed by atoms with Gasteiger partial charge in [0.25, 0.3) is 0 Å². The van der Waals surface area contributed by atoms with Crippen LogP contribution >= 0.6 is 12.2 Å². The van der Waals surface area contributed by atoms with Crippen molar-refractivity contribution < 1.29 is 12.8 Å². The summed E-state index contributed by atoms with van der Waals surface area (Å²) in [6.07, 6.45) is 0.485. The molecule has 1 aromatic carbocycles. The van der Waals surface area contributed by atoms with Crippen LogP contribution in [0.1, 0.15) is 18.9 Å². The van der Waals surface area contributed by atoms with Crippen molar-refractivity contribution in [3.8, 4) is 0 Å². The highest BCUT2D eigenvalue weighted by Crippen LogP contribution is 2.18. The predicted molar refractivity (Wildman–Crippen MR) is 70.0 cm³/mol. The average molecular weight is 276 g/mol. The Kier molecular flexibility index (Phi) is 4.41. The van der Waals surface area contributed by atoms with Gasteiger partial charge in [0.05, 0.1) is 11.4 Å². The van der Waals surface area contributed by atoms with Crippen molar-refractivity contribution in [1.29, 1.82) is 0 Å². The van der Waals surface area contributed by atoms with Crippen LogP contribution in [0.4, 0.5) is 10.1 Å². The summed E-state index contributed by atoms with van der Waals surface area (Å²) < 4.78 is 38.5. The molecule has 0 aromatic heterocycles. The molecule has 4 nitrogen and oxygen atoms in total. The zero-order chi connectivity index (χ0) is 13.1. The van der Waals surface area contributed by atoms with Crippen molar-refractivity contribution >= 4 is 32.9 Å². The fourth-order valence-electron chi connectivity index (χ4n) is 1.30. The van der Waals surface area contributed by atoms with Gasteiger partial charge in [-0.15, -0.1) is 0 Å². The Morgan fingerprint density at radius 3 is 2.71 bits per heavy atom. The highest BCUT2D eigenvalue weighted by Gasteiger charge is 2.13. The summed E-state index contributed by atoms with van der Waals surface area (Å²) in [5.41, 5.74) is 5.79. The van der Waals surface area contributed by atoms with Gasteiger partial charge in [-0.3, -0.25) is 4.72 Å². The number of nitrogens with one attached hydrogen (secondary N) is 1. The fourth-order valence-corrected chi connectivity index (χ4v) is 2.62. The van der Waals surface area contributed by atoms with E-state index in [2.05, 4.69) is 4.72 Å². The van der Waals surface area contributed by atoms with Gasteiger partial charge in [-0.05, 0) is 24.6 Å². The summed E-state index contributed by atoms with van der Waals surface area (Å²) in [6.45, 7) is 1.75. The first-order valence-electron chi connectivity index (χ1n) is 4.95. The molecule has 0 unspecified atom stereocenters. The van der Waals surface area contributed by atoms with Crippen LogP contribution < -0.4 is 10.5 Å². The van der Waals surface area contributed by atoms with Gasteiger partial charge in [0, 0.05) is 5.56 Å². The highest BCUT2D eigenvalue weighted by molar-refractivity contribution is 7.92. The number of hydrogen-bond acceptors (Lipinski definition) is 3. The Hall–Kier alpha value is -1.21. The summed E-state index contributed by atoms with van der Waals surface area (Å²) >= 11 is 4.74. The monoisotopic (exact) mass is 276 g/mol. The molecule has 0 bridgehead atoms. The predicted octanol–water partition coefficient (Wildman–Crippen LogP) is 1.61. The van der Waals surface area contributed by atoms with E-state index in [1.165, 1.54) is 6.07 Å². The van der Waals surface area contributed by atoms with Crippen LogP contribution in [0.2, 0.25) is 0 Å². The molecule has 1 aromatic rings. The van der Waals surface area contributed by atoms with Crippen molar-refractivity contribution in [3.05, 3.63) is 29.6 Å². The molecule has 0 saturated carbocycles. The Bertz CT molecular complexity index is 529. The van der Waals surface area contributed by atoms with Crippen molar-refractivity contribution in [3.63, 3.8) is 0 Å². The molecule has 94 valence electrons. The van der Waals surface area contributed by atoms with Crippen LogP contribution in [-0.2, 0) is 10.0 Å². The SMILES string of the molecule is CCCS(=O)(=O)Nc1ccc(F)cc1C(N)=S. The Balaban J connectivity index is 3.11. The zero-order valence-electron chi connectivity index (χ0n) is 9.23. The van der Waals surface area contributed by atoms with Crippen LogP contribution in [-0.4, -0.2) is 19.2 Å². The normalized spacial score (nSPS) is 11.2. The molecule has 0 heterocycles. The molecular weight excluding hydrogens is 263 g/mol. The molecule has 3 N–H and O–H groups in total. The van der Waals surface area contributed by atoms with E-state index < -0.39 is 15.8 Å². The second-order valence-corrected chi connectivity index (χ2v) is 5.76. The van der Waals surface area contributed by atoms with E-state index in [9.17, 15) is 12.8 Å². The van der Waals surface area contributed by atoms with Crippen molar-refractivity contribution in [1.82, 2.24) is 0 Å². The topological polar surface area (TPSA) is 72.2 Å². The maximum Gasteiger partial charge on any atom is 0.232 e. The standard InChI is InChI=1S/C10H13FN2O2S2/c1-2-5-17(14,15)13-9-4-3-7(11)6-8(9)10(12)16/h3-4,6,13H,2,5H2,1H3,(H2,12,16). The third-order valence-corrected chi connectivity index (χ3v) is 3.68. The maximum atomic E-state index is 13.0. The lowest BCUT2D eigenvalue weighted by molar-refractivity contribution is 0.599. The minimum Gasteiger partial charge on any atom is -0.389 e. The average Bonchev–Trinajstić information content (AvgIpc) is 2.20. The third kappa shape index (κ3) is 3.94. The van der Waals surface area contributed by atoms with Crippen LogP contribution in [0.5, 0.6) is 0 Å². The first kappa shape index (κ1) is 13.9. The first-order chi connectivity index (χ1) is 7.85. The van der Waals surface area contributed by atoms with Crippen molar-refractivity contribution in [2.45, 2.75) is 13.3 Å². The number of sulfonamides is 1. The molecule has 0 atom stereocenters. The summed E-state index contributed by atoms with van der Waals surface area (Å²) in [6, 6.07) is 3.55. The molecule has 0 aliphatic carbocycles.